The number of carbonyl (C=O) groups is 1. The molecule has 0 radical (unpaired) electrons. The van der Waals surface area contributed by atoms with Gasteiger partial charge in [0.25, 0.3) is 0 Å². The first-order valence-corrected chi connectivity index (χ1v) is 3.74. The summed E-state index contributed by atoms with van der Waals surface area (Å²) in [7, 11) is 0. The van der Waals surface area contributed by atoms with Crippen LogP contribution in [0.1, 0.15) is 11.8 Å². The third-order valence-corrected chi connectivity index (χ3v) is 1.67. The van der Waals surface area contributed by atoms with Crippen LogP contribution in [0.2, 0.25) is 0 Å². The van der Waals surface area contributed by atoms with Crippen molar-refractivity contribution in [1.29, 1.82) is 0 Å². The second-order valence-corrected chi connectivity index (χ2v) is 2.77. The third kappa shape index (κ3) is 2.11. The molecule has 0 bridgehead atoms. The number of thiazole rings is 1. The minimum atomic E-state index is 0.0633. The van der Waals surface area contributed by atoms with E-state index in [0.717, 1.165) is 4.88 Å². The predicted octanol–water partition coefficient (Wildman–Crippen LogP) is 1.75. The molecule has 1 aromatic rings. The molecule has 2 nitrogen and oxygen atoms in total. The Morgan fingerprint density at radius 2 is 2.60 bits per heavy atom. The molecular formula is C7H7NOS. The van der Waals surface area contributed by atoms with Gasteiger partial charge in [-0.3, -0.25) is 9.78 Å². The predicted molar refractivity (Wildman–Crippen MR) is 41.8 cm³/mol. The summed E-state index contributed by atoms with van der Waals surface area (Å²) in [5, 5.41) is 0. The van der Waals surface area contributed by atoms with Crippen molar-refractivity contribution in [2.75, 3.05) is 0 Å². The van der Waals surface area contributed by atoms with Gasteiger partial charge in [-0.15, -0.1) is 11.3 Å². The standard InChI is InChI=1S/C7H7NOS/c1-6(9)2-3-7-4-8-5-10-7/h2-5H,1H3/b3-2-. The number of rotatable bonds is 2. The maximum atomic E-state index is 10.4. The fourth-order valence-electron chi connectivity index (χ4n) is 0.507. The zero-order chi connectivity index (χ0) is 7.40. The maximum Gasteiger partial charge on any atom is 0.152 e. The first kappa shape index (κ1) is 7.15. The lowest BCUT2D eigenvalue weighted by Crippen LogP contribution is -1.77. The minimum Gasteiger partial charge on any atom is -0.295 e. The Morgan fingerprint density at radius 1 is 1.80 bits per heavy atom. The summed E-state index contributed by atoms with van der Waals surface area (Å²) in [6, 6.07) is 0. The normalized spacial score (nSPS) is 10.5. The molecule has 0 spiro atoms. The zero-order valence-electron chi connectivity index (χ0n) is 5.57. The van der Waals surface area contributed by atoms with Crippen LogP contribution in [0.4, 0.5) is 0 Å². The van der Waals surface area contributed by atoms with Crippen LogP contribution in [0.5, 0.6) is 0 Å². The number of hydrogen-bond acceptors (Lipinski definition) is 3. The van der Waals surface area contributed by atoms with Crippen molar-refractivity contribution in [3.63, 3.8) is 0 Å². The molecule has 1 heterocycles. The van der Waals surface area contributed by atoms with E-state index in [-0.39, 0.29) is 5.78 Å². The summed E-state index contributed by atoms with van der Waals surface area (Å²) in [5.74, 6) is 0.0633. The molecule has 3 heteroatoms. The van der Waals surface area contributed by atoms with E-state index in [2.05, 4.69) is 4.98 Å². The Hall–Kier alpha value is -0.960. The lowest BCUT2D eigenvalue weighted by molar-refractivity contribution is -0.112. The number of hydrogen-bond donors (Lipinski definition) is 0. The van der Waals surface area contributed by atoms with E-state index in [4.69, 9.17) is 0 Å². The van der Waals surface area contributed by atoms with E-state index < -0.39 is 0 Å². The topological polar surface area (TPSA) is 30.0 Å². The number of aromatic nitrogens is 1. The van der Waals surface area contributed by atoms with Gasteiger partial charge < -0.3 is 0 Å². The number of allylic oxidation sites excluding steroid dienone is 1. The number of ketones is 1. The van der Waals surface area contributed by atoms with Gasteiger partial charge in [-0.1, -0.05) is 0 Å². The lowest BCUT2D eigenvalue weighted by atomic mass is 10.4. The molecule has 0 aromatic carbocycles. The van der Waals surface area contributed by atoms with Crippen LogP contribution in [-0.2, 0) is 4.79 Å². The van der Waals surface area contributed by atoms with E-state index in [1.165, 1.54) is 24.3 Å². The van der Waals surface area contributed by atoms with Gasteiger partial charge >= 0.3 is 0 Å². The SMILES string of the molecule is CC(=O)/C=C\c1cncs1. The van der Waals surface area contributed by atoms with Gasteiger partial charge in [0, 0.05) is 11.1 Å². The third-order valence-electron chi connectivity index (χ3n) is 0.934. The maximum absolute atomic E-state index is 10.4. The highest BCUT2D eigenvalue weighted by Crippen LogP contribution is 2.06. The fraction of sp³-hybridized carbons (Fsp3) is 0.143. The van der Waals surface area contributed by atoms with Crippen molar-refractivity contribution >= 4 is 23.2 Å². The van der Waals surface area contributed by atoms with Gasteiger partial charge in [0.1, 0.15) is 0 Å². The number of nitrogens with zero attached hydrogens (tertiary/aromatic N) is 1. The molecule has 10 heavy (non-hydrogen) atoms. The summed E-state index contributed by atoms with van der Waals surface area (Å²) < 4.78 is 0. The van der Waals surface area contributed by atoms with Gasteiger partial charge in [-0.25, -0.2) is 0 Å². The van der Waals surface area contributed by atoms with E-state index in [0.29, 0.717) is 0 Å². The lowest BCUT2D eigenvalue weighted by Gasteiger charge is -1.77. The van der Waals surface area contributed by atoms with Crippen molar-refractivity contribution in [1.82, 2.24) is 4.98 Å². The molecule has 52 valence electrons. The molecular weight excluding hydrogens is 146 g/mol. The van der Waals surface area contributed by atoms with E-state index >= 15 is 0 Å². The Bertz CT molecular complexity index is 238. The highest BCUT2D eigenvalue weighted by atomic mass is 32.1. The summed E-state index contributed by atoms with van der Waals surface area (Å²) >= 11 is 1.51. The van der Waals surface area contributed by atoms with Crippen molar-refractivity contribution in [3.05, 3.63) is 22.7 Å². The summed E-state index contributed by atoms with van der Waals surface area (Å²) in [4.78, 5) is 15.3. The molecule has 0 N–H and O–H groups in total. The van der Waals surface area contributed by atoms with Crippen LogP contribution in [0.15, 0.2) is 17.8 Å². The minimum absolute atomic E-state index is 0.0633. The van der Waals surface area contributed by atoms with Crippen molar-refractivity contribution < 1.29 is 4.79 Å². The van der Waals surface area contributed by atoms with Gasteiger partial charge in [-0.2, -0.15) is 0 Å². The molecule has 0 saturated carbocycles. The van der Waals surface area contributed by atoms with Gasteiger partial charge in [0.05, 0.1) is 5.51 Å². The molecule has 1 aromatic heterocycles. The Balaban J connectivity index is 2.64. The average Bonchev–Trinajstić information content (AvgIpc) is 2.34. The van der Waals surface area contributed by atoms with Crippen molar-refractivity contribution in [2.45, 2.75) is 6.92 Å². The average molecular weight is 153 g/mol. The highest BCUT2D eigenvalue weighted by molar-refractivity contribution is 7.10. The molecule has 0 saturated heterocycles. The number of carbonyl (C=O) groups excluding carboxylic acids is 1. The smallest absolute Gasteiger partial charge is 0.152 e. The van der Waals surface area contributed by atoms with Gasteiger partial charge in [-0.05, 0) is 19.1 Å². The fourth-order valence-corrected chi connectivity index (χ4v) is 1.02. The molecule has 0 unspecified atom stereocenters. The van der Waals surface area contributed by atoms with Crippen LogP contribution < -0.4 is 0 Å². The van der Waals surface area contributed by atoms with Crippen LogP contribution in [-0.4, -0.2) is 10.8 Å². The Labute approximate surface area is 63.2 Å². The Morgan fingerprint density at radius 3 is 3.10 bits per heavy atom. The first-order valence-electron chi connectivity index (χ1n) is 2.86. The summed E-state index contributed by atoms with van der Waals surface area (Å²) in [6.07, 6.45) is 5.03. The van der Waals surface area contributed by atoms with Crippen LogP contribution in [0.3, 0.4) is 0 Å². The molecule has 0 atom stereocenters. The monoisotopic (exact) mass is 153 g/mol. The van der Waals surface area contributed by atoms with Crippen molar-refractivity contribution in [2.24, 2.45) is 0 Å². The second kappa shape index (κ2) is 3.27. The Kier molecular flexibility index (Phi) is 2.34. The zero-order valence-corrected chi connectivity index (χ0v) is 6.39. The van der Waals surface area contributed by atoms with Crippen molar-refractivity contribution in [3.8, 4) is 0 Å². The van der Waals surface area contributed by atoms with Gasteiger partial charge in [0.2, 0.25) is 0 Å². The van der Waals surface area contributed by atoms with E-state index in [1.807, 2.05) is 0 Å². The second-order valence-electron chi connectivity index (χ2n) is 1.85. The molecule has 1 rings (SSSR count). The van der Waals surface area contributed by atoms with Gasteiger partial charge in [0.15, 0.2) is 5.78 Å². The quantitative estimate of drug-likeness (QED) is 0.606. The largest absolute Gasteiger partial charge is 0.295 e. The van der Waals surface area contributed by atoms with Crippen LogP contribution >= 0.6 is 11.3 Å². The summed E-state index contributed by atoms with van der Waals surface area (Å²) in [5.41, 5.74) is 1.74. The molecule has 0 amide bonds. The highest BCUT2D eigenvalue weighted by Gasteiger charge is 1.86. The molecule has 0 aliphatic carbocycles. The van der Waals surface area contributed by atoms with E-state index in [9.17, 15) is 4.79 Å². The van der Waals surface area contributed by atoms with E-state index in [1.54, 1.807) is 17.8 Å². The molecule has 0 fully saturated rings. The molecule has 0 aliphatic heterocycles. The first-order chi connectivity index (χ1) is 4.79. The van der Waals surface area contributed by atoms with Crippen LogP contribution in [0.25, 0.3) is 6.08 Å². The van der Waals surface area contributed by atoms with Crippen LogP contribution in [0, 0.1) is 0 Å². The summed E-state index contributed by atoms with van der Waals surface area (Å²) in [6.45, 7) is 1.53. The molecule has 0 aliphatic rings.